The molecule has 0 radical (unpaired) electrons. The summed E-state index contributed by atoms with van der Waals surface area (Å²) in [5.41, 5.74) is 0.352. The minimum Gasteiger partial charge on any atom is -0.463 e. The molecule has 0 aromatic rings. The summed E-state index contributed by atoms with van der Waals surface area (Å²) in [6.45, 7) is 15.8. The molecule has 0 N–H and O–H groups in total. The molecule has 0 unspecified atom stereocenters. The van der Waals surface area contributed by atoms with E-state index in [1.165, 1.54) is 6.42 Å². The van der Waals surface area contributed by atoms with Gasteiger partial charge in [-0.1, -0.05) is 46.6 Å². The van der Waals surface area contributed by atoms with Crippen LogP contribution in [0.25, 0.3) is 0 Å². The Morgan fingerprint density at radius 1 is 1.27 bits per heavy atom. The van der Waals surface area contributed by atoms with Gasteiger partial charge in [0.15, 0.2) is 8.32 Å². The van der Waals surface area contributed by atoms with Gasteiger partial charge in [-0.05, 0) is 37.9 Å². The van der Waals surface area contributed by atoms with E-state index >= 15 is 0 Å². The summed E-state index contributed by atoms with van der Waals surface area (Å²) in [5, 5.41) is 0.134. The average molecular weight is 325 g/mol. The molecule has 126 valence electrons. The predicted octanol–water partition coefficient (Wildman–Crippen LogP) is 4.83. The van der Waals surface area contributed by atoms with Crippen LogP contribution in [0.4, 0.5) is 0 Å². The van der Waals surface area contributed by atoms with Crippen molar-refractivity contribution < 1.29 is 14.0 Å². The summed E-state index contributed by atoms with van der Waals surface area (Å²) in [6, 6.07) is 0. The van der Waals surface area contributed by atoms with Crippen LogP contribution in [0.2, 0.25) is 18.1 Å². The highest BCUT2D eigenvalue weighted by molar-refractivity contribution is 6.74. The largest absolute Gasteiger partial charge is 0.463 e. The Kier molecular flexibility index (Phi) is 4.42. The van der Waals surface area contributed by atoms with E-state index in [4.69, 9.17) is 9.16 Å². The fraction of sp³-hybridized carbons (Fsp3) is 0.833. The van der Waals surface area contributed by atoms with Gasteiger partial charge in [-0.2, -0.15) is 0 Å². The zero-order valence-electron chi connectivity index (χ0n) is 15.3. The first kappa shape index (κ1) is 17.7. The van der Waals surface area contributed by atoms with Crippen LogP contribution in [0, 0.1) is 5.41 Å². The van der Waals surface area contributed by atoms with Gasteiger partial charge in [0.05, 0.1) is 17.8 Å². The molecule has 1 fully saturated rings. The van der Waals surface area contributed by atoms with Gasteiger partial charge in [0.25, 0.3) is 0 Å². The Morgan fingerprint density at radius 2 is 1.86 bits per heavy atom. The zero-order valence-corrected chi connectivity index (χ0v) is 16.3. The highest BCUT2D eigenvalue weighted by Gasteiger charge is 2.63. The fourth-order valence-corrected chi connectivity index (χ4v) is 5.21. The van der Waals surface area contributed by atoms with Crippen LogP contribution in [0.5, 0.6) is 0 Å². The van der Waals surface area contributed by atoms with E-state index in [-0.39, 0.29) is 16.4 Å². The average Bonchev–Trinajstić information content (AvgIpc) is 2.36. The molecule has 2 atom stereocenters. The molecule has 0 aromatic carbocycles. The van der Waals surface area contributed by atoms with Crippen LogP contribution < -0.4 is 0 Å². The Labute approximate surface area is 136 Å². The fourth-order valence-electron chi connectivity index (χ4n) is 3.59. The summed E-state index contributed by atoms with van der Waals surface area (Å²) in [7, 11) is -1.96. The third kappa shape index (κ3) is 2.58. The predicted molar refractivity (Wildman–Crippen MR) is 92.3 cm³/mol. The molecular formula is C18H32O3Si. The number of ether oxygens (including phenoxy) is 1. The van der Waals surface area contributed by atoms with E-state index < -0.39 is 13.9 Å². The van der Waals surface area contributed by atoms with Crippen molar-refractivity contribution in [2.75, 3.05) is 6.61 Å². The SMILES string of the molecule is CCOC(=O)C1=C[C@]2(C)CCCC[C@]12O[Si](C)(C)C(C)(C)C. The van der Waals surface area contributed by atoms with Gasteiger partial charge >= 0.3 is 5.97 Å². The van der Waals surface area contributed by atoms with Crippen LogP contribution in [-0.4, -0.2) is 26.5 Å². The van der Waals surface area contributed by atoms with E-state index in [1.54, 1.807) is 0 Å². The Hall–Kier alpha value is -0.613. The first-order chi connectivity index (χ1) is 9.99. The molecule has 4 heteroatoms. The van der Waals surface area contributed by atoms with Crippen LogP contribution in [0.15, 0.2) is 11.6 Å². The van der Waals surface area contributed by atoms with Crippen molar-refractivity contribution in [1.29, 1.82) is 0 Å². The van der Waals surface area contributed by atoms with Crippen LogP contribution >= 0.6 is 0 Å². The maximum Gasteiger partial charge on any atom is 0.336 e. The van der Waals surface area contributed by atoms with Crippen LogP contribution in [0.1, 0.15) is 60.3 Å². The molecule has 0 saturated heterocycles. The quantitative estimate of drug-likeness (QED) is 0.549. The second kappa shape index (κ2) is 5.48. The maximum absolute atomic E-state index is 12.4. The lowest BCUT2D eigenvalue weighted by Crippen LogP contribution is -2.64. The molecule has 0 aliphatic heterocycles. The molecule has 0 bridgehead atoms. The molecule has 2 rings (SSSR count). The Bertz CT molecular complexity index is 489. The molecule has 1 saturated carbocycles. The summed E-state index contributed by atoms with van der Waals surface area (Å²) >= 11 is 0. The van der Waals surface area contributed by atoms with Crippen LogP contribution in [0.3, 0.4) is 0 Å². The van der Waals surface area contributed by atoms with E-state index in [1.807, 2.05) is 6.92 Å². The van der Waals surface area contributed by atoms with Gasteiger partial charge in [-0.3, -0.25) is 0 Å². The van der Waals surface area contributed by atoms with Crippen molar-refractivity contribution in [3.05, 3.63) is 11.6 Å². The van der Waals surface area contributed by atoms with Crippen molar-refractivity contribution in [3.63, 3.8) is 0 Å². The van der Waals surface area contributed by atoms with E-state index in [0.717, 1.165) is 24.8 Å². The topological polar surface area (TPSA) is 35.5 Å². The number of rotatable bonds is 4. The minimum absolute atomic E-state index is 0.0110. The van der Waals surface area contributed by atoms with Crippen LogP contribution in [-0.2, 0) is 14.0 Å². The third-order valence-corrected chi connectivity index (χ3v) is 10.5. The van der Waals surface area contributed by atoms with Gasteiger partial charge in [0.1, 0.15) is 0 Å². The van der Waals surface area contributed by atoms with E-state index in [9.17, 15) is 4.79 Å². The van der Waals surface area contributed by atoms with E-state index in [2.05, 4.69) is 46.9 Å². The van der Waals surface area contributed by atoms with Gasteiger partial charge in [0.2, 0.25) is 0 Å². The Morgan fingerprint density at radius 3 is 2.36 bits per heavy atom. The number of carbonyl (C=O) groups excluding carboxylic acids is 1. The third-order valence-electron chi connectivity index (χ3n) is 6.03. The highest BCUT2D eigenvalue weighted by Crippen LogP contribution is 2.61. The van der Waals surface area contributed by atoms with Crippen molar-refractivity contribution in [3.8, 4) is 0 Å². The summed E-state index contributed by atoms with van der Waals surface area (Å²) in [5.74, 6) is -0.180. The molecule has 0 amide bonds. The lowest BCUT2D eigenvalue weighted by molar-refractivity contribution is -0.147. The second-order valence-electron chi connectivity index (χ2n) is 8.59. The number of hydrogen-bond donors (Lipinski definition) is 0. The summed E-state index contributed by atoms with van der Waals surface area (Å²) in [6.07, 6.45) is 6.51. The normalized spacial score (nSPS) is 31.9. The van der Waals surface area contributed by atoms with Crippen molar-refractivity contribution in [2.24, 2.45) is 5.41 Å². The van der Waals surface area contributed by atoms with E-state index in [0.29, 0.717) is 6.61 Å². The highest BCUT2D eigenvalue weighted by atomic mass is 28.4. The van der Waals surface area contributed by atoms with Gasteiger partial charge < -0.3 is 9.16 Å². The number of carbonyl (C=O) groups is 1. The minimum atomic E-state index is -1.96. The second-order valence-corrected chi connectivity index (χ2v) is 13.3. The van der Waals surface area contributed by atoms with Crippen molar-refractivity contribution >= 4 is 14.3 Å². The standard InChI is InChI=1S/C18H32O3Si/c1-8-20-15(19)14-13-17(5)11-9-10-12-18(14,17)21-22(6,7)16(2,3)4/h13H,8-12H2,1-7H3/t17-,18-/m0/s1. The molecule has 0 spiro atoms. The number of fused-ring (bicyclic) bond motifs is 1. The van der Waals surface area contributed by atoms with Crippen molar-refractivity contribution in [1.82, 2.24) is 0 Å². The zero-order chi connectivity index (χ0) is 16.8. The Balaban J connectivity index is 2.38. The monoisotopic (exact) mass is 324 g/mol. The molecule has 2 aliphatic carbocycles. The molecular weight excluding hydrogens is 292 g/mol. The molecule has 3 nitrogen and oxygen atoms in total. The molecule has 0 heterocycles. The van der Waals surface area contributed by atoms with Gasteiger partial charge in [-0.15, -0.1) is 0 Å². The smallest absolute Gasteiger partial charge is 0.336 e. The first-order valence-electron chi connectivity index (χ1n) is 8.60. The van der Waals surface area contributed by atoms with Crippen molar-refractivity contribution in [2.45, 2.75) is 84.0 Å². The molecule has 2 aliphatic rings. The first-order valence-corrected chi connectivity index (χ1v) is 11.5. The lowest BCUT2D eigenvalue weighted by atomic mass is 9.53. The number of esters is 1. The number of hydrogen-bond acceptors (Lipinski definition) is 3. The molecule has 22 heavy (non-hydrogen) atoms. The summed E-state index contributed by atoms with van der Waals surface area (Å²) < 4.78 is 12.2. The molecule has 0 aromatic heterocycles. The summed E-state index contributed by atoms with van der Waals surface area (Å²) in [4.78, 5) is 12.4. The van der Waals surface area contributed by atoms with Gasteiger partial charge in [-0.25, -0.2) is 4.79 Å². The van der Waals surface area contributed by atoms with Gasteiger partial charge in [0, 0.05) is 5.41 Å². The lowest BCUT2D eigenvalue weighted by Gasteiger charge is -2.61. The maximum atomic E-state index is 12.4.